The van der Waals surface area contributed by atoms with Crippen molar-refractivity contribution in [3.05, 3.63) is 89.7 Å². The van der Waals surface area contributed by atoms with Crippen LogP contribution in [0.2, 0.25) is 0 Å². The zero-order valence-electron chi connectivity index (χ0n) is 13.1. The maximum atomic E-state index is 9.45. The van der Waals surface area contributed by atoms with Crippen LogP contribution in [0.3, 0.4) is 0 Å². The number of nitrogens with zero attached hydrogens (tertiary/aromatic N) is 1. The van der Waals surface area contributed by atoms with Crippen molar-refractivity contribution in [2.24, 2.45) is 0 Å². The monoisotopic (exact) mass is 318 g/mol. The van der Waals surface area contributed by atoms with Crippen LogP contribution in [-0.2, 0) is 6.54 Å². The molecule has 0 atom stereocenters. The summed E-state index contributed by atoms with van der Waals surface area (Å²) in [5.74, 6) is -0.352. The standard InChI is InChI=1S/C20H18N2O2/c1-15(22-14-17-6-3-2-4-7-17)18(13-21)9-5-8-16-10-11-19(23)20(24)12-16/h2-12,22-24H,1,14H2/b8-5+,18-9+. The maximum absolute atomic E-state index is 9.45. The van der Waals surface area contributed by atoms with Crippen LogP contribution in [0.5, 0.6) is 11.5 Å². The molecule has 0 spiro atoms. The lowest BCUT2D eigenvalue weighted by molar-refractivity contribution is 0.403. The minimum absolute atomic E-state index is 0.168. The van der Waals surface area contributed by atoms with Gasteiger partial charge in [-0.1, -0.05) is 55.1 Å². The maximum Gasteiger partial charge on any atom is 0.157 e. The van der Waals surface area contributed by atoms with E-state index in [0.29, 0.717) is 23.4 Å². The lowest BCUT2D eigenvalue weighted by Crippen LogP contribution is -2.13. The molecule has 24 heavy (non-hydrogen) atoms. The van der Waals surface area contributed by atoms with Crippen molar-refractivity contribution in [2.75, 3.05) is 0 Å². The van der Waals surface area contributed by atoms with Gasteiger partial charge in [0.05, 0.1) is 5.57 Å². The SMILES string of the molecule is C=C(NCc1ccccc1)/C(C#N)=C/C=C/c1ccc(O)c(O)c1. The van der Waals surface area contributed by atoms with Crippen molar-refractivity contribution >= 4 is 6.08 Å². The van der Waals surface area contributed by atoms with Gasteiger partial charge in [-0.05, 0) is 29.3 Å². The summed E-state index contributed by atoms with van der Waals surface area (Å²) >= 11 is 0. The van der Waals surface area contributed by atoms with Crippen molar-refractivity contribution in [1.82, 2.24) is 5.32 Å². The molecular weight excluding hydrogens is 300 g/mol. The van der Waals surface area contributed by atoms with Gasteiger partial charge in [0.2, 0.25) is 0 Å². The average Bonchev–Trinajstić information content (AvgIpc) is 2.60. The minimum Gasteiger partial charge on any atom is -0.504 e. The molecule has 2 rings (SSSR count). The Balaban J connectivity index is 2.00. The van der Waals surface area contributed by atoms with Crippen molar-refractivity contribution in [1.29, 1.82) is 5.26 Å². The van der Waals surface area contributed by atoms with Gasteiger partial charge in [0, 0.05) is 12.2 Å². The number of phenols is 2. The van der Waals surface area contributed by atoms with Gasteiger partial charge in [0.25, 0.3) is 0 Å². The molecule has 0 bridgehead atoms. The highest BCUT2D eigenvalue weighted by Crippen LogP contribution is 2.25. The Labute approximate surface area is 141 Å². The molecule has 0 aromatic heterocycles. The smallest absolute Gasteiger partial charge is 0.157 e. The zero-order valence-corrected chi connectivity index (χ0v) is 13.1. The van der Waals surface area contributed by atoms with Gasteiger partial charge >= 0.3 is 0 Å². The van der Waals surface area contributed by atoms with Crippen LogP contribution in [0.4, 0.5) is 0 Å². The first-order valence-electron chi connectivity index (χ1n) is 7.37. The molecule has 0 saturated heterocycles. The number of phenolic OH excluding ortho intramolecular Hbond substituents is 2. The van der Waals surface area contributed by atoms with Crippen molar-refractivity contribution in [3.8, 4) is 17.6 Å². The van der Waals surface area contributed by atoms with Crippen LogP contribution in [0.1, 0.15) is 11.1 Å². The highest BCUT2D eigenvalue weighted by molar-refractivity contribution is 5.57. The molecule has 4 heteroatoms. The second-order valence-corrected chi connectivity index (χ2v) is 5.12. The third-order valence-corrected chi connectivity index (χ3v) is 3.35. The fraction of sp³-hybridized carbons (Fsp3) is 0.0500. The lowest BCUT2D eigenvalue weighted by Gasteiger charge is -2.08. The molecule has 0 fully saturated rings. The van der Waals surface area contributed by atoms with E-state index in [9.17, 15) is 15.5 Å². The molecule has 4 nitrogen and oxygen atoms in total. The zero-order chi connectivity index (χ0) is 17.4. The van der Waals surface area contributed by atoms with Crippen LogP contribution >= 0.6 is 0 Å². The molecule has 0 heterocycles. The van der Waals surface area contributed by atoms with E-state index in [-0.39, 0.29) is 11.5 Å². The number of nitrogens with one attached hydrogen (secondary N) is 1. The third kappa shape index (κ3) is 4.79. The van der Waals surface area contributed by atoms with Crippen LogP contribution in [-0.4, -0.2) is 10.2 Å². The quantitative estimate of drug-likeness (QED) is 0.429. The van der Waals surface area contributed by atoms with Gasteiger partial charge in [-0.25, -0.2) is 0 Å². The van der Waals surface area contributed by atoms with E-state index in [1.54, 1.807) is 24.3 Å². The summed E-state index contributed by atoms with van der Waals surface area (Å²) in [6, 6.07) is 16.5. The summed E-state index contributed by atoms with van der Waals surface area (Å²) < 4.78 is 0. The minimum atomic E-state index is -0.185. The Kier molecular flexibility index (Phi) is 5.82. The summed E-state index contributed by atoms with van der Waals surface area (Å²) in [5, 5.41) is 31.1. The predicted molar refractivity (Wildman–Crippen MR) is 94.9 cm³/mol. The topological polar surface area (TPSA) is 76.3 Å². The van der Waals surface area contributed by atoms with E-state index >= 15 is 0 Å². The van der Waals surface area contributed by atoms with Crippen molar-refractivity contribution in [3.63, 3.8) is 0 Å². The largest absolute Gasteiger partial charge is 0.504 e. The van der Waals surface area contributed by atoms with Gasteiger partial charge in [-0.15, -0.1) is 0 Å². The summed E-state index contributed by atoms with van der Waals surface area (Å²) in [7, 11) is 0. The van der Waals surface area contributed by atoms with Gasteiger partial charge < -0.3 is 15.5 Å². The Morgan fingerprint density at radius 1 is 1.12 bits per heavy atom. The van der Waals surface area contributed by atoms with Crippen LogP contribution in [0.15, 0.2) is 78.5 Å². The summed E-state index contributed by atoms with van der Waals surface area (Å²) in [5.41, 5.74) is 2.78. The van der Waals surface area contributed by atoms with Crippen molar-refractivity contribution < 1.29 is 10.2 Å². The Morgan fingerprint density at radius 2 is 1.88 bits per heavy atom. The molecule has 0 aliphatic heterocycles. The molecule has 2 aromatic carbocycles. The molecule has 0 saturated carbocycles. The lowest BCUT2D eigenvalue weighted by atomic mass is 10.1. The Morgan fingerprint density at radius 3 is 2.54 bits per heavy atom. The molecule has 0 unspecified atom stereocenters. The van der Waals surface area contributed by atoms with Crippen molar-refractivity contribution in [2.45, 2.75) is 6.54 Å². The highest BCUT2D eigenvalue weighted by Gasteiger charge is 2.01. The van der Waals surface area contributed by atoms with Crippen LogP contribution in [0.25, 0.3) is 6.08 Å². The van der Waals surface area contributed by atoms with E-state index < -0.39 is 0 Å². The number of hydrogen-bond acceptors (Lipinski definition) is 4. The van der Waals surface area contributed by atoms with E-state index in [1.165, 1.54) is 12.1 Å². The third-order valence-electron chi connectivity index (χ3n) is 3.35. The average molecular weight is 318 g/mol. The predicted octanol–water partition coefficient (Wildman–Crippen LogP) is 3.86. The van der Waals surface area contributed by atoms with Gasteiger partial charge in [-0.3, -0.25) is 0 Å². The number of aromatic hydroxyl groups is 2. The molecule has 0 amide bonds. The van der Waals surface area contributed by atoms with Crippen LogP contribution < -0.4 is 5.32 Å². The van der Waals surface area contributed by atoms with E-state index in [4.69, 9.17) is 0 Å². The first-order valence-corrected chi connectivity index (χ1v) is 7.37. The van der Waals surface area contributed by atoms with Gasteiger partial charge in [0.1, 0.15) is 6.07 Å². The second kappa shape index (κ2) is 8.25. The van der Waals surface area contributed by atoms with E-state index in [0.717, 1.165) is 5.56 Å². The normalized spacial score (nSPS) is 11.2. The Bertz CT molecular complexity index is 815. The number of nitriles is 1. The second-order valence-electron chi connectivity index (χ2n) is 5.12. The highest BCUT2D eigenvalue weighted by atomic mass is 16.3. The van der Waals surface area contributed by atoms with Crippen LogP contribution in [0, 0.1) is 11.3 Å². The van der Waals surface area contributed by atoms with E-state index in [2.05, 4.69) is 18.0 Å². The molecule has 0 aliphatic rings. The molecule has 3 N–H and O–H groups in total. The van der Waals surface area contributed by atoms with E-state index in [1.807, 2.05) is 30.3 Å². The number of benzene rings is 2. The first kappa shape index (κ1) is 16.9. The summed E-state index contributed by atoms with van der Waals surface area (Å²) in [6.07, 6.45) is 5.06. The summed E-state index contributed by atoms with van der Waals surface area (Å²) in [4.78, 5) is 0. The molecular formula is C20H18N2O2. The molecule has 0 aliphatic carbocycles. The summed E-state index contributed by atoms with van der Waals surface area (Å²) in [6.45, 7) is 4.47. The number of allylic oxidation sites excluding steroid dienone is 3. The molecule has 2 aromatic rings. The number of rotatable bonds is 6. The Hall–Kier alpha value is -3.45. The fourth-order valence-electron chi connectivity index (χ4n) is 2.00. The van der Waals surface area contributed by atoms with Gasteiger partial charge in [-0.2, -0.15) is 5.26 Å². The van der Waals surface area contributed by atoms with Gasteiger partial charge in [0.15, 0.2) is 11.5 Å². The molecule has 0 radical (unpaired) electrons. The molecule has 120 valence electrons. The number of hydrogen-bond donors (Lipinski definition) is 3. The fourth-order valence-corrected chi connectivity index (χ4v) is 2.00. The first-order chi connectivity index (χ1) is 11.6.